The minimum atomic E-state index is -0.952. The van der Waals surface area contributed by atoms with Crippen LogP contribution in [0.3, 0.4) is 0 Å². The van der Waals surface area contributed by atoms with Gasteiger partial charge in [0.05, 0.1) is 5.69 Å². The summed E-state index contributed by atoms with van der Waals surface area (Å²) in [6.07, 6.45) is 2.48. The highest BCUT2D eigenvalue weighted by Crippen LogP contribution is 2.29. The Balaban J connectivity index is 1.43. The van der Waals surface area contributed by atoms with Gasteiger partial charge in [0, 0.05) is 29.0 Å². The Kier molecular flexibility index (Phi) is 6.38. The SMILES string of the molecule is C[C@H](OC(=O)c1cn(-c2ccccc2)nc1-c1ccc(Cl)cc1)C(=O)N1CCCc2ccccc21. The molecule has 0 radical (unpaired) electrons. The molecule has 0 aliphatic carbocycles. The average Bonchev–Trinajstić information content (AvgIpc) is 3.34. The van der Waals surface area contributed by atoms with Crippen molar-refractivity contribution in [1.82, 2.24) is 9.78 Å². The second-order valence-electron chi connectivity index (χ2n) is 8.45. The van der Waals surface area contributed by atoms with E-state index in [9.17, 15) is 9.59 Å². The number of aryl methyl sites for hydroxylation is 1. The van der Waals surface area contributed by atoms with Crippen LogP contribution in [0.4, 0.5) is 5.69 Å². The van der Waals surface area contributed by atoms with E-state index in [0.29, 0.717) is 17.3 Å². The standard InChI is InChI=1S/C28H24ClN3O3/c1-19(27(33)31-17-7-9-20-8-5-6-12-25(20)31)35-28(34)24-18-32(23-10-3-2-4-11-23)30-26(24)21-13-15-22(29)16-14-21/h2-6,8,10-16,18-19H,7,9,17H2,1H3/t19-/m0/s1. The first-order valence-corrected chi connectivity index (χ1v) is 11.9. The second-order valence-corrected chi connectivity index (χ2v) is 8.88. The van der Waals surface area contributed by atoms with Crippen molar-refractivity contribution in [2.45, 2.75) is 25.9 Å². The van der Waals surface area contributed by atoms with Crippen LogP contribution in [-0.2, 0) is 16.0 Å². The van der Waals surface area contributed by atoms with Gasteiger partial charge < -0.3 is 9.64 Å². The van der Waals surface area contributed by atoms with E-state index < -0.39 is 12.1 Å². The first kappa shape index (κ1) is 22.9. The predicted molar refractivity (Wildman–Crippen MR) is 136 cm³/mol. The van der Waals surface area contributed by atoms with E-state index in [0.717, 1.165) is 35.3 Å². The minimum absolute atomic E-state index is 0.242. The number of esters is 1. The molecule has 3 aromatic carbocycles. The van der Waals surface area contributed by atoms with E-state index >= 15 is 0 Å². The van der Waals surface area contributed by atoms with Gasteiger partial charge in [-0.3, -0.25) is 4.79 Å². The molecule has 2 heterocycles. The third-order valence-electron chi connectivity index (χ3n) is 6.08. The molecule has 5 rings (SSSR count). The number of aromatic nitrogens is 2. The van der Waals surface area contributed by atoms with Crippen molar-refractivity contribution in [1.29, 1.82) is 0 Å². The van der Waals surface area contributed by atoms with E-state index in [2.05, 4.69) is 5.10 Å². The lowest BCUT2D eigenvalue weighted by Gasteiger charge is -2.31. The van der Waals surface area contributed by atoms with Gasteiger partial charge in [0.25, 0.3) is 5.91 Å². The second kappa shape index (κ2) is 9.76. The van der Waals surface area contributed by atoms with Gasteiger partial charge in [0.15, 0.2) is 6.10 Å². The van der Waals surface area contributed by atoms with Crippen molar-refractivity contribution >= 4 is 29.2 Å². The van der Waals surface area contributed by atoms with Crippen LogP contribution >= 0.6 is 11.6 Å². The molecule has 6 nitrogen and oxygen atoms in total. The zero-order valence-corrected chi connectivity index (χ0v) is 20.0. The summed E-state index contributed by atoms with van der Waals surface area (Å²) in [4.78, 5) is 28.3. The van der Waals surface area contributed by atoms with Crippen LogP contribution in [0.15, 0.2) is 85.1 Å². The molecule has 0 spiro atoms. The van der Waals surface area contributed by atoms with Crippen LogP contribution in [0.5, 0.6) is 0 Å². The number of carbonyl (C=O) groups excluding carboxylic acids is 2. The monoisotopic (exact) mass is 485 g/mol. The highest BCUT2D eigenvalue weighted by molar-refractivity contribution is 6.30. The van der Waals surface area contributed by atoms with Crippen molar-refractivity contribution in [2.24, 2.45) is 0 Å². The molecule has 1 aliphatic rings. The molecule has 1 atom stereocenters. The number of anilines is 1. The van der Waals surface area contributed by atoms with E-state index in [1.165, 1.54) is 0 Å². The van der Waals surface area contributed by atoms with Gasteiger partial charge in [0.2, 0.25) is 0 Å². The van der Waals surface area contributed by atoms with Crippen LogP contribution < -0.4 is 4.90 Å². The number of carbonyl (C=O) groups is 2. The molecule has 0 fully saturated rings. The number of hydrogen-bond donors (Lipinski definition) is 0. The molecule has 1 aromatic heterocycles. The Morgan fingerprint density at radius 3 is 2.46 bits per heavy atom. The predicted octanol–water partition coefficient (Wildman–Crippen LogP) is 5.72. The summed E-state index contributed by atoms with van der Waals surface area (Å²) in [6.45, 7) is 2.21. The fraction of sp³-hybridized carbons (Fsp3) is 0.179. The van der Waals surface area contributed by atoms with Crippen LogP contribution in [0.1, 0.15) is 29.3 Å². The molecule has 176 valence electrons. The van der Waals surface area contributed by atoms with Crippen molar-refractivity contribution in [3.05, 3.63) is 101 Å². The van der Waals surface area contributed by atoms with E-state index in [4.69, 9.17) is 16.3 Å². The highest BCUT2D eigenvalue weighted by Gasteiger charge is 2.30. The lowest BCUT2D eigenvalue weighted by molar-refractivity contribution is -0.126. The number of benzene rings is 3. The third-order valence-corrected chi connectivity index (χ3v) is 6.33. The Bertz CT molecular complexity index is 1370. The molecule has 0 saturated heterocycles. The number of halogens is 1. The van der Waals surface area contributed by atoms with Crippen LogP contribution in [-0.4, -0.2) is 34.3 Å². The zero-order chi connectivity index (χ0) is 24.4. The molecule has 1 amide bonds. The topological polar surface area (TPSA) is 64.4 Å². The van der Waals surface area contributed by atoms with Crippen LogP contribution in [0.25, 0.3) is 16.9 Å². The number of rotatable bonds is 5. The maximum absolute atomic E-state index is 13.3. The summed E-state index contributed by atoms with van der Waals surface area (Å²) in [5.41, 5.74) is 4.26. The highest BCUT2D eigenvalue weighted by atomic mass is 35.5. The van der Waals surface area contributed by atoms with Gasteiger partial charge in [-0.25, -0.2) is 9.48 Å². The Morgan fingerprint density at radius 1 is 0.971 bits per heavy atom. The maximum Gasteiger partial charge on any atom is 0.342 e. The summed E-state index contributed by atoms with van der Waals surface area (Å²) in [5, 5.41) is 5.24. The van der Waals surface area contributed by atoms with Gasteiger partial charge in [-0.15, -0.1) is 0 Å². The number of amides is 1. The minimum Gasteiger partial charge on any atom is -0.449 e. The Morgan fingerprint density at radius 2 is 1.69 bits per heavy atom. The Labute approximate surface area is 208 Å². The lowest BCUT2D eigenvalue weighted by Crippen LogP contribution is -2.42. The molecule has 35 heavy (non-hydrogen) atoms. The summed E-state index contributed by atoms with van der Waals surface area (Å²) in [7, 11) is 0. The first-order valence-electron chi connectivity index (χ1n) is 11.5. The number of ether oxygens (including phenoxy) is 1. The van der Waals surface area contributed by atoms with Crippen molar-refractivity contribution in [3.63, 3.8) is 0 Å². The van der Waals surface area contributed by atoms with Crippen molar-refractivity contribution in [3.8, 4) is 16.9 Å². The fourth-order valence-electron chi connectivity index (χ4n) is 4.31. The molecule has 7 heteroatoms. The van der Waals surface area contributed by atoms with Gasteiger partial charge in [-0.2, -0.15) is 5.10 Å². The first-order chi connectivity index (χ1) is 17.0. The molecule has 0 saturated carbocycles. The summed E-state index contributed by atoms with van der Waals surface area (Å²) in [5.74, 6) is -0.850. The quantitative estimate of drug-likeness (QED) is 0.339. The summed E-state index contributed by atoms with van der Waals surface area (Å²) in [6, 6.07) is 24.4. The summed E-state index contributed by atoms with van der Waals surface area (Å²) < 4.78 is 7.32. The van der Waals surface area contributed by atoms with Gasteiger partial charge >= 0.3 is 5.97 Å². The lowest BCUT2D eigenvalue weighted by atomic mass is 10.0. The molecule has 4 aromatic rings. The molecular weight excluding hydrogens is 462 g/mol. The molecule has 0 bridgehead atoms. The fourth-order valence-corrected chi connectivity index (χ4v) is 4.44. The Hall–Kier alpha value is -3.90. The number of para-hydroxylation sites is 2. The van der Waals surface area contributed by atoms with Gasteiger partial charge in [-0.1, -0.05) is 60.1 Å². The molecule has 0 N–H and O–H groups in total. The number of nitrogens with zero attached hydrogens (tertiary/aromatic N) is 3. The zero-order valence-electron chi connectivity index (χ0n) is 19.2. The average molecular weight is 486 g/mol. The van der Waals surface area contributed by atoms with Crippen molar-refractivity contribution in [2.75, 3.05) is 11.4 Å². The maximum atomic E-state index is 13.3. The molecular formula is C28H24ClN3O3. The normalized spacial score (nSPS) is 13.7. The van der Waals surface area contributed by atoms with Crippen LogP contribution in [0.2, 0.25) is 5.02 Å². The van der Waals surface area contributed by atoms with Gasteiger partial charge in [-0.05, 0) is 55.7 Å². The van der Waals surface area contributed by atoms with E-state index in [1.807, 2.05) is 54.6 Å². The molecule has 1 aliphatic heterocycles. The van der Waals surface area contributed by atoms with Crippen molar-refractivity contribution < 1.29 is 14.3 Å². The largest absolute Gasteiger partial charge is 0.449 e. The molecule has 0 unspecified atom stereocenters. The smallest absolute Gasteiger partial charge is 0.342 e. The van der Waals surface area contributed by atoms with E-state index in [1.54, 1.807) is 47.0 Å². The third kappa shape index (κ3) is 4.70. The van der Waals surface area contributed by atoms with E-state index in [-0.39, 0.29) is 11.5 Å². The number of fused-ring (bicyclic) bond motifs is 1. The summed E-state index contributed by atoms with van der Waals surface area (Å²) >= 11 is 6.06. The van der Waals surface area contributed by atoms with Crippen LogP contribution in [0, 0.1) is 0 Å². The number of hydrogen-bond acceptors (Lipinski definition) is 4. The van der Waals surface area contributed by atoms with Gasteiger partial charge in [0.1, 0.15) is 11.3 Å².